The van der Waals surface area contributed by atoms with E-state index >= 15 is 0 Å². The first-order valence-electron chi connectivity index (χ1n) is 8.45. The molecule has 130 valence electrons. The van der Waals surface area contributed by atoms with E-state index in [-0.39, 0.29) is 5.82 Å². The van der Waals surface area contributed by atoms with E-state index in [0.717, 1.165) is 41.6 Å². The van der Waals surface area contributed by atoms with Crippen molar-refractivity contribution in [3.63, 3.8) is 0 Å². The van der Waals surface area contributed by atoms with Crippen LogP contribution in [0, 0.1) is 5.82 Å². The fourth-order valence-corrected chi connectivity index (χ4v) is 4.95. The zero-order valence-corrected chi connectivity index (χ0v) is 15.7. The molecule has 0 atom stereocenters. The van der Waals surface area contributed by atoms with Crippen molar-refractivity contribution in [2.75, 3.05) is 0 Å². The van der Waals surface area contributed by atoms with E-state index in [9.17, 15) is 4.39 Å². The van der Waals surface area contributed by atoms with E-state index in [4.69, 9.17) is 9.97 Å². The number of aromatic nitrogens is 2. The molecule has 0 aliphatic heterocycles. The van der Waals surface area contributed by atoms with Gasteiger partial charge in [-0.25, -0.2) is 14.4 Å². The molecular formula is C22H13FN2S2. The number of nitrogens with zero attached hydrogens (tertiary/aromatic N) is 2. The highest BCUT2D eigenvalue weighted by Crippen LogP contribution is 2.36. The van der Waals surface area contributed by atoms with Gasteiger partial charge in [0.1, 0.15) is 15.8 Å². The Morgan fingerprint density at radius 2 is 1.22 bits per heavy atom. The van der Waals surface area contributed by atoms with Crippen molar-refractivity contribution in [1.29, 1.82) is 0 Å². The second-order valence-corrected chi connectivity index (χ2v) is 8.14. The van der Waals surface area contributed by atoms with Crippen LogP contribution in [0.1, 0.15) is 15.6 Å². The van der Waals surface area contributed by atoms with Gasteiger partial charge in [-0.1, -0.05) is 36.4 Å². The van der Waals surface area contributed by atoms with Gasteiger partial charge in [-0.05, 0) is 48.0 Å². The Hall–Kier alpha value is -2.89. The highest BCUT2D eigenvalue weighted by atomic mass is 32.1. The van der Waals surface area contributed by atoms with Crippen molar-refractivity contribution >= 4 is 54.8 Å². The van der Waals surface area contributed by atoms with Crippen LogP contribution in [-0.4, -0.2) is 9.97 Å². The Morgan fingerprint density at radius 3 is 1.74 bits per heavy atom. The molecule has 2 heterocycles. The average molecular weight is 388 g/mol. The molecular weight excluding hydrogens is 375 g/mol. The smallest absolute Gasteiger partial charge is 0.127 e. The van der Waals surface area contributed by atoms with E-state index < -0.39 is 0 Å². The van der Waals surface area contributed by atoms with Crippen molar-refractivity contribution in [3.05, 3.63) is 94.2 Å². The summed E-state index contributed by atoms with van der Waals surface area (Å²) in [6.45, 7) is 0. The summed E-state index contributed by atoms with van der Waals surface area (Å²) >= 11 is 3.29. The minimum absolute atomic E-state index is 0.242. The van der Waals surface area contributed by atoms with Crippen LogP contribution in [0.15, 0.2) is 72.8 Å². The van der Waals surface area contributed by atoms with Crippen LogP contribution < -0.4 is 0 Å². The molecule has 0 aliphatic rings. The molecule has 0 N–H and O–H groups in total. The molecule has 5 rings (SSSR count). The van der Waals surface area contributed by atoms with Crippen LogP contribution in [0.2, 0.25) is 0 Å². The predicted octanol–water partition coefficient (Wildman–Crippen LogP) is 6.63. The summed E-state index contributed by atoms with van der Waals surface area (Å²) in [6, 6.07) is 22.7. The summed E-state index contributed by atoms with van der Waals surface area (Å²) in [6.07, 6.45) is 2.04. The molecule has 5 heteroatoms. The van der Waals surface area contributed by atoms with Crippen molar-refractivity contribution in [1.82, 2.24) is 9.97 Å². The average Bonchev–Trinajstić information content (AvgIpc) is 3.31. The molecule has 0 unspecified atom stereocenters. The van der Waals surface area contributed by atoms with Gasteiger partial charge in [0.05, 0.1) is 20.4 Å². The second kappa shape index (κ2) is 6.68. The largest absolute Gasteiger partial charge is 0.236 e. The minimum atomic E-state index is -0.242. The maximum atomic E-state index is 13.3. The summed E-state index contributed by atoms with van der Waals surface area (Å²) in [5.41, 5.74) is 3.83. The molecule has 0 aliphatic carbocycles. The molecule has 27 heavy (non-hydrogen) atoms. The third-order valence-corrected chi connectivity index (χ3v) is 6.37. The lowest BCUT2D eigenvalue weighted by molar-refractivity contribution is 0.628. The molecule has 2 nitrogen and oxygen atoms in total. The zero-order chi connectivity index (χ0) is 18.2. The van der Waals surface area contributed by atoms with Gasteiger partial charge in [0.25, 0.3) is 0 Å². The highest BCUT2D eigenvalue weighted by Gasteiger charge is 2.15. The van der Waals surface area contributed by atoms with E-state index in [2.05, 4.69) is 12.1 Å². The maximum Gasteiger partial charge on any atom is 0.127 e. The van der Waals surface area contributed by atoms with E-state index in [0.29, 0.717) is 0 Å². The number of halogens is 1. The van der Waals surface area contributed by atoms with Crippen molar-refractivity contribution in [2.45, 2.75) is 0 Å². The minimum Gasteiger partial charge on any atom is -0.236 e. The first-order chi connectivity index (χ1) is 13.3. The Morgan fingerprint density at radius 1 is 0.704 bits per heavy atom. The first kappa shape index (κ1) is 16.3. The van der Waals surface area contributed by atoms with Gasteiger partial charge in [-0.2, -0.15) is 0 Å². The van der Waals surface area contributed by atoms with Gasteiger partial charge >= 0.3 is 0 Å². The van der Waals surface area contributed by atoms with Gasteiger partial charge in [-0.3, -0.25) is 0 Å². The summed E-state index contributed by atoms with van der Waals surface area (Å²) in [5.74, 6) is -0.242. The van der Waals surface area contributed by atoms with Crippen molar-refractivity contribution in [3.8, 4) is 0 Å². The molecule has 0 spiro atoms. The number of para-hydroxylation sites is 2. The van der Waals surface area contributed by atoms with Crippen molar-refractivity contribution < 1.29 is 4.39 Å². The summed E-state index contributed by atoms with van der Waals surface area (Å²) < 4.78 is 15.6. The monoisotopic (exact) mass is 388 g/mol. The number of hydrogen-bond donors (Lipinski definition) is 0. The van der Waals surface area contributed by atoms with E-state index in [1.807, 2.05) is 42.5 Å². The number of rotatable bonds is 3. The number of fused-ring (bicyclic) bond motifs is 2. The molecule has 0 radical (unpaired) electrons. The predicted molar refractivity (Wildman–Crippen MR) is 113 cm³/mol. The lowest BCUT2D eigenvalue weighted by Gasteiger charge is -2.01. The van der Waals surface area contributed by atoms with E-state index in [1.54, 1.807) is 34.8 Å². The molecule has 0 bridgehead atoms. The topological polar surface area (TPSA) is 25.8 Å². The Balaban J connectivity index is 1.72. The maximum absolute atomic E-state index is 13.3. The Labute approximate surface area is 163 Å². The van der Waals surface area contributed by atoms with E-state index in [1.165, 1.54) is 12.1 Å². The molecule has 0 saturated heterocycles. The van der Waals surface area contributed by atoms with Crippen LogP contribution >= 0.6 is 22.7 Å². The SMILES string of the molecule is Fc1ccc(C=C(c2nc3ccccc3s2)c2nc3ccccc3s2)cc1. The highest BCUT2D eigenvalue weighted by molar-refractivity contribution is 7.22. The number of benzene rings is 3. The molecule has 0 fully saturated rings. The van der Waals surface area contributed by atoms with Crippen LogP contribution in [-0.2, 0) is 0 Å². The van der Waals surface area contributed by atoms with Gasteiger partial charge in [0.2, 0.25) is 0 Å². The Kier molecular flexibility index (Phi) is 4.03. The number of thiazole rings is 2. The fourth-order valence-electron chi connectivity index (χ4n) is 2.92. The normalized spacial score (nSPS) is 11.1. The van der Waals surface area contributed by atoms with Gasteiger partial charge < -0.3 is 0 Å². The van der Waals surface area contributed by atoms with Crippen LogP contribution in [0.5, 0.6) is 0 Å². The van der Waals surface area contributed by atoms with Crippen LogP contribution in [0.25, 0.3) is 32.1 Å². The molecule has 0 saturated carbocycles. The third kappa shape index (κ3) is 3.16. The summed E-state index contributed by atoms with van der Waals surface area (Å²) in [4.78, 5) is 9.63. The van der Waals surface area contributed by atoms with Gasteiger partial charge in [0, 0.05) is 5.57 Å². The molecule has 2 aromatic heterocycles. The van der Waals surface area contributed by atoms with Crippen LogP contribution in [0.3, 0.4) is 0 Å². The lowest BCUT2D eigenvalue weighted by Crippen LogP contribution is -1.87. The quantitative estimate of drug-likeness (QED) is 0.346. The summed E-state index contributed by atoms with van der Waals surface area (Å²) in [7, 11) is 0. The molecule has 5 aromatic rings. The van der Waals surface area contributed by atoms with Gasteiger partial charge in [-0.15, -0.1) is 22.7 Å². The third-order valence-electron chi connectivity index (χ3n) is 4.23. The first-order valence-corrected chi connectivity index (χ1v) is 10.1. The zero-order valence-electron chi connectivity index (χ0n) is 14.1. The molecule has 3 aromatic carbocycles. The number of hydrogen-bond acceptors (Lipinski definition) is 4. The van der Waals surface area contributed by atoms with Crippen molar-refractivity contribution in [2.24, 2.45) is 0 Å². The molecule has 0 amide bonds. The summed E-state index contributed by atoms with van der Waals surface area (Å²) in [5, 5.41) is 1.83. The lowest BCUT2D eigenvalue weighted by atomic mass is 10.1. The Bertz CT molecular complexity index is 1140. The standard InChI is InChI=1S/C22H13FN2S2/c23-15-11-9-14(10-12-15)13-16(21-24-17-5-1-3-7-19(17)26-21)22-25-18-6-2-4-8-20(18)27-22/h1-13H. The fraction of sp³-hybridized carbons (Fsp3) is 0. The second-order valence-electron chi connectivity index (χ2n) is 6.08. The van der Waals surface area contributed by atoms with Gasteiger partial charge in [0.15, 0.2) is 0 Å². The van der Waals surface area contributed by atoms with Crippen LogP contribution in [0.4, 0.5) is 4.39 Å².